The number of likely N-dealkylation sites (tertiary alicyclic amines) is 2. The number of hydrogen-bond acceptors (Lipinski definition) is 10. The Hall–Kier alpha value is -9.26. The number of nitrogens with one attached hydrogen (secondary N) is 2. The molecule has 8 aromatic rings. The number of imidazole rings is 2. The first-order valence-corrected chi connectivity index (χ1v) is 25.1. The van der Waals surface area contributed by atoms with Gasteiger partial charge in [-0.05, 0) is 131 Å². The standard InChI is InChI=1S/C29H25F3N6O2.C28H25F3N6O2/c1-3-6-23(39)37-15-5-4-7-21(37)27-36-24(25-26(29(30,31)32)34-14-16-38(25)27)19-8-10-20(11-9-19)28(40)35-22-17-18(2)12-13-33-22;1-3-22(38)36-14-5-4-6-20(36)26-35-23(24-25(28(29,30)31)33-13-15-37(24)26)18-7-9-19(10-8-18)27(39)34-21-16-17(2)11-12-32-21/h8-14,16-17,21H,4-5,7,15H2,1-2H3,(H,33,35,40);3,7-13,15-16,20H,1,4-6,14H2,2H3,(H,32,34,39)/t21-;20-/m00/s1. The summed E-state index contributed by atoms with van der Waals surface area (Å²) in [5, 5.41) is 5.42. The SMILES string of the molecule is C=CC(=O)N1CCCC[C@H]1c1nc(-c2ccc(C(=O)Nc3cc(C)ccn3)cc2)c2c(C(F)(F)F)nccn12.CC#CC(=O)N1CCCC[C@H]1c1nc(-c2ccc(C(=O)Nc3cc(C)ccn3)cc2)c2c(C(F)(F)F)nccn12. The maximum atomic E-state index is 14.1. The van der Waals surface area contributed by atoms with Crippen LogP contribution in [-0.2, 0) is 21.9 Å². The molecule has 0 radical (unpaired) electrons. The molecule has 0 saturated carbocycles. The third-order valence-corrected chi connectivity index (χ3v) is 13.4. The number of piperidine rings is 2. The number of alkyl halides is 6. The molecule has 0 aliphatic carbocycles. The molecule has 16 nitrogen and oxygen atoms in total. The van der Waals surface area contributed by atoms with Gasteiger partial charge in [0.15, 0.2) is 11.4 Å². The van der Waals surface area contributed by atoms with Crippen LogP contribution in [0.2, 0.25) is 0 Å². The molecule has 8 heterocycles. The first-order chi connectivity index (χ1) is 37.8. The zero-order valence-electron chi connectivity index (χ0n) is 42.9. The number of nitrogens with zero attached hydrogens (tertiary/aromatic N) is 10. The second kappa shape index (κ2) is 22.8. The predicted octanol–water partition coefficient (Wildman–Crippen LogP) is 11.1. The highest BCUT2D eigenvalue weighted by Crippen LogP contribution is 2.42. The van der Waals surface area contributed by atoms with Crippen LogP contribution in [0.3, 0.4) is 0 Å². The van der Waals surface area contributed by atoms with Gasteiger partial charge in [0.05, 0.1) is 23.5 Å². The van der Waals surface area contributed by atoms with Crippen LogP contribution in [0.1, 0.15) is 112 Å². The molecule has 2 N–H and O–H groups in total. The van der Waals surface area contributed by atoms with Crippen LogP contribution >= 0.6 is 0 Å². The van der Waals surface area contributed by atoms with Crippen LogP contribution in [0.4, 0.5) is 38.0 Å². The van der Waals surface area contributed by atoms with Crippen molar-refractivity contribution in [3.8, 4) is 34.4 Å². The molecular formula is C57H50F6N12O4. The van der Waals surface area contributed by atoms with E-state index in [2.05, 4.69) is 59.0 Å². The minimum Gasteiger partial charge on any atom is -0.329 e. The largest absolute Gasteiger partial charge is 0.435 e. The summed E-state index contributed by atoms with van der Waals surface area (Å²) in [6.45, 7) is 9.76. The van der Waals surface area contributed by atoms with Gasteiger partial charge in [0, 0.05) is 72.5 Å². The van der Waals surface area contributed by atoms with Crippen molar-refractivity contribution >= 4 is 46.3 Å². The maximum Gasteiger partial charge on any atom is 0.435 e. The van der Waals surface area contributed by atoms with Gasteiger partial charge >= 0.3 is 12.4 Å². The highest BCUT2D eigenvalue weighted by molar-refractivity contribution is 6.05. The molecule has 2 atom stereocenters. The fourth-order valence-corrected chi connectivity index (χ4v) is 9.76. The minimum atomic E-state index is -4.75. The Kier molecular flexibility index (Phi) is 15.7. The van der Waals surface area contributed by atoms with Crippen molar-refractivity contribution < 1.29 is 45.5 Å². The summed E-state index contributed by atoms with van der Waals surface area (Å²) < 4.78 is 87.4. The van der Waals surface area contributed by atoms with Gasteiger partial charge in [0.25, 0.3) is 17.7 Å². The lowest BCUT2D eigenvalue weighted by atomic mass is 10.0. The van der Waals surface area contributed by atoms with Crippen LogP contribution in [0.15, 0.2) is 123 Å². The first kappa shape index (κ1) is 54.5. The summed E-state index contributed by atoms with van der Waals surface area (Å²) in [6.07, 6.45) is 4.12. The second-order valence-corrected chi connectivity index (χ2v) is 18.8. The number of pyridine rings is 2. The van der Waals surface area contributed by atoms with E-state index in [0.717, 1.165) is 49.2 Å². The summed E-state index contributed by atoms with van der Waals surface area (Å²) in [4.78, 5) is 78.8. The molecule has 0 unspecified atom stereocenters. The Morgan fingerprint density at radius 2 is 1.04 bits per heavy atom. The molecule has 2 aromatic carbocycles. The molecule has 4 amide bonds. The Labute approximate surface area is 448 Å². The maximum absolute atomic E-state index is 14.1. The Morgan fingerprint density at radius 3 is 1.44 bits per heavy atom. The monoisotopic (exact) mass is 1080 g/mol. The Balaban J connectivity index is 0.000000192. The van der Waals surface area contributed by atoms with Crippen molar-refractivity contribution in [3.05, 3.63) is 168 Å². The van der Waals surface area contributed by atoms with E-state index in [1.165, 1.54) is 51.5 Å². The number of benzene rings is 2. The van der Waals surface area contributed by atoms with Gasteiger partial charge in [-0.1, -0.05) is 36.8 Å². The highest BCUT2D eigenvalue weighted by atomic mass is 19.4. The first-order valence-electron chi connectivity index (χ1n) is 25.1. The highest BCUT2D eigenvalue weighted by Gasteiger charge is 2.41. The van der Waals surface area contributed by atoms with Crippen molar-refractivity contribution in [3.63, 3.8) is 0 Å². The van der Waals surface area contributed by atoms with Gasteiger partial charge in [-0.3, -0.25) is 28.0 Å². The summed E-state index contributed by atoms with van der Waals surface area (Å²) in [7, 11) is 0. The second-order valence-electron chi connectivity index (χ2n) is 18.8. The molecule has 79 heavy (non-hydrogen) atoms. The van der Waals surface area contributed by atoms with Gasteiger partial charge in [-0.25, -0.2) is 29.9 Å². The zero-order chi connectivity index (χ0) is 56.2. The molecule has 2 fully saturated rings. The quantitative estimate of drug-likeness (QED) is 0.0801. The van der Waals surface area contributed by atoms with Crippen LogP contribution in [0.5, 0.6) is 0 Å². The fraction of sp³-hybridized carbons (Fsp3) is 0.263. The van der Waals surface area contributed by atoms with E-state index < -0.39 is 53.5 Å². The summed E-state index contributed by atoms with van der Waals surface area (Å²) in [6, 6.07) is 18.2. The lowest BCUT2D eigenvalue weighted by molar-refractivity contribution is -0.140. The lowest BCUT2D eigenvalue weighted by Gasteiger charge is -2.34. The van der Waals surface area contributed by atoms with Crippen molar-refractivity contribution in [1.82, 2.24) is 48.5 Å². The average Bonchev–Trinajstić information content (AvgIpc) is 3.93. The molecular weight excluding hydrogens is 1030 g/mol. The number of carbonyl (C=O) groups is 4. The normalized spacial score (nSPS) is 15.6. The van der Waals surface area contributed by atoms with Crippen molar-refractivity contribution in [2.24, 2.45) is 0 Å². The molecule has 0 spiro atoms. The molecule has 2 aliphatic heterocycles. The number of anilines is 2. The summed E-state index contributed by atoms with van der Waals surface area (Å²) in [5.41, 5.74) is 0.730. The van der Waals surface area contributed by atoms with Crippen LogP contribution in [-0.4, -0.2) is 85.2 Å². The molecule has 10 rings (SSSR count). The summed E-state index contributed by atoms with van der Waals surface area (Å²) >= 11 is 0. The van der Waals surface area contributed by atoms with Gasteiger partial charge < -0.3 is 20.4 Å². The van der Waals surface area contributed by atoms with Gasteiger partial charge in [-0.2, -0.15) is 26.3 Å². The van der Waals surface area contributed by atoms with Crippen LogP contribution < -0.4 is 10.6 Å². The number of carbonyl (C=O) groups excluding carboxylic acids is 4. The Morgan fingerprint density at radius 1 is 0.608 bits per heavy atom. The number of aromatic nitrogens is 8. The Bertz CT molecular complexity index is 3690. The van der Waals surface area contributed by atoms with Gasteiger partial charge in [0.1, 0.15) is 34.3 Å². The number of fused-ring (bicyclic) bond motifs is 2. The molecule has 404 valence electrons. The third kappa shape index (κ3) is 11.7. The van der Waals surface area contributed by atoms with E-state index in [1.807, 2.05) is 13.8 Å². The zero-order valence-corrected chi connectivity index (χ0v) is 42.9. The van der Waals surface area contributed by atoms with E-state index in [4.69, 9.17) is 0 Å². The van der Waals surface area contributed by atoms with E-state index >= 15 is 0 Å². The number of aryl methyl sites for hydroxylation is 2. The third-order valence-electron chi connectivity index (χ3n) is 13.4. The number of amides is 4. The van der Waals surface area contributed by atoms with E-state index in [9.17, 15) is 45.5 Å². The minimum absolute atomic E-state index is 0.0577. The van der Waals surface area contributed by atoms with Crippen molar-refractivity contribution in [2.45, 2.75) is 83.7 Å². The summed E-state index contributed by atoms with van der Waals surface area (Å²) in [5.74, 6) is 5.02. The van der Waals surface area contributed by atoms with E-state index in [1.54, 1.807) is 77.6 Å². The number of halogens is 6. The fourth-order valence-electron chi connectivity index (χ4n) is 9.76. The lowest BCUT2D eigenvalue weighted by Crippen LogP contribution is -2.38. The molecule has 22 heteroatoms. The topological polar surface area (TPSA) is 185 Å². The predicted molar refractivity (Wildman–Crippen MR) is 281 cm³/mol. The van der Waals surface area contributed by atoms with Gasteiger partial charge in [0.2, 0.25) is 5.91 Å². The molecule has 2 saturated heterocycles. The molecule has 2 aliphatic rings. The number of hydrogen-bond donors (Lipinski definition) is 2. The molecule has 0 bridgehead atoms. The van der Waals surface area contributed by atoms with Crippen LogP contribution in [0, 0.1) is 25.7 Å². The van der Waals surface area contributed by atoms with Gasteiger partial charge in [-0.15, -0.1) is 0 Å². The smallest absolute Gasteiger partial charge is 0.329 e. The number of rotatable bonds is 9. The van der Waals surface area contributed by atoms with E-state index in [0.29, 0.717) is 71.5 Å². The van der Waals surface area contributed by atoms with Crippen LogP contribution in [0.25, 0.3) is 33.5 Å². The van der Waals surface area contributed by atoms with Crippen molar-refractivity contribution in [1.29, 1.82) is 0 Å². The van der Waals surface area contributed by atoms with E-state index in [-0.39, 0.29) is 28.3 Å². The average molecular weight is 1080 g/mol. The van der Waals surface area contributed by atoms with Crippen molar-refractivity contribution in [2.75, 3.05) is 23.7 Å². The molecule has 6 aromatic heterocycles.